The van der Waals surface area contributed by atoms with Crippen molar-refractivity contribution >= 4 is 5.91 Å². The Balaban J connectivity index is 1.62. The van der Waals surface area contributed by atoms with E-state index in [1.165, 1.54) is 5.56 Å². The highest BCUT2D eigenvalue weighted by molar-refractivity contribution is 5.84. The van der Waals surface area contributed by atoms with Crippen molar-refractivity contribution in [3.8, 4) is 11.5 Å². The molecule has 1 fully saturated rings. The van der Waals surface area contributed by atoms with E-state index in [4.69, 9.17) is 9.26 Å². The highest BCUT2D eigenvalue weighted by Gasteiger charge is 2.37. The summed E-state index contributed by atoms with van der Waals surface area (Å²) in [7, 11) is 0. The Morgan fingerprint density at radius 2 is 2.14 bits per heavy atom. The number of carbonyl (C=O) groups is 1. The normalized spacial score (nSPS) is 21.0. The predicted molar refractivity (Wildman–Crippen MR) is 79.9 cm³/mol. The number of rotatable bonds is 4. The molecule has 0 saturated carbocycles. The molecule has 0 unspecified atom stereocenters. The van der Waals surface area contributed by atoms with E-state index >= 15 is 0 Å². The first-order valence-corrected chi connectivity index (χ1v) is 7.39. The molecule has 2 aromatic rings. The van der Waals surface area contributed by atoms with Gasteiger partial charge in [0.2, 0.25) is 0 Å². The number of aromatic nitrogens is 2. The molecular formula is C16H19N3O3. The predicted octanol–water partition coefficient (Wildman–Crippen LogP) is 2.23. The van der Waals surface area contributed by atoms with Gasteiger partial charge in [0.1, 0.15) is 5.60 Å². The lowest BCUT2D eigenvalue weighted by Crippen LogP contribution is -2.43. The van der Waals surface area contributed by atoms with Crippen molar-refractivity contribution < 1.29 is 14.1 Å². The molecule has 1 aromatic heterocycles. The quantitative estimate of drug-likeness (QED) is 0.937. The molecule has 0 aliphatic carbocycles. The Kier molecular flexibility index (Phi) is 3.94. The smallest absolute Gasteiger partial charge is 0.257 e. The van der Waals surface area contributed by atoms with Crippen LogP contribution >= 0.6 is 0 Å². The van der Waals surface area contributed by atoms with Gasteiger partial charge < -0.3 is 14.6 Å². The molecule has 1 amide bonds. The van der Waals surface area contributed by atoms with E-state index in [-0.39, 0.29) is 12.5 Å². The number of aryl methyl sites for hydroxylation is 1. The van der Waals surface area contributed by atoms with Crippen molar-refractivity contribution in [1.29, 1.82) is 0 Å². The van der Waals surface area contributed by atoms with Crippen LogP contribution in [0.15, 0.2) is 28.8 Å². The third-order valence-corrected chi connectivity index (χ3v) is 3.87. The minimum absolute atomic E-state index is 0.133. The van der Waals surface area contributed by atoms with Crippen LogP contribution in [0.3, 0.4) is 0 Å². The van der Waals surface area contributed by atoms with Crippen molar-refractivity contribution in [2.24, 2.45) is 0 Å². The van der Waals surface area contributed by atoms with E-state index in [1.54, 1.807) is 0 Å². The summed E-state index contributed by atoms with van der Waals surface area (Å²) in [6.45, 7) is 4.68. The van der Waals surface area contributed by atoms with Crippen LogP contribution < -0.4 is 5.32 Å². The molecule has 0 bridgehead atoms. The molecule has 1 aliphatic heterocycles. The highest BCUT2D eigenvalue weighted by Crippen LogP contribution is 2.25. The topological polar surface area (TPSA) is 77.2 Å². The van der Waals surface area contributed by atoms with Crippen LogP contribution in [0.25, 0.3) is 11.5 Å². The van der Waals surface area contributed by atoms with E-state index < -0.39 is 5.60 Å². The number of benzene rings is 1. The van der Waals surface area contributed by atoms with Gasteiger partial charge in [-0.05, 0) is 38.8 Å². The van der Waals surface area contributed by atoms with E-state index in [9.17, 15) is 4.79 Å². The van der Waals surface area contributed by atoms with Crippen molar-refractivity contribution in [1.82, 2.24) is 15.5 Å². The van der Waals surface area contributed by atoms with Crippen LogP contribution in [0.5, 0.6) is 0 Å². The number of hydrogen-bond donors (Lipinski definition) is 1. The molecule has 1 aliphatic rings. The van der Waals surface area contributed by atoms with Crippen molar-refractivity contribution in [2.45, 2.75) is 38.8 Å². The summed E-state index contributed by atoms with van der Waals surface area (Å²) in [4.78, 5) is 16.4. The summed E-state index contributed by atoms with van der Waals surface area (Å²) < 4.78 is 10.7. The molecule has 1 N–H and O–H groups in total. The standard InChI is InChI=1S/C16H19N3O3/c1-11-4-6-12(7-5-11)14-18-13(19-22-14)10-17-15(20)16(2)8-3-9-21-16/h4-7H,3,8-10H2,1-2H3,(H,17,20)/t16-/m1/s1. The maximum Gasteiger partial charge on any atom is 0.257 e. The summed E-state index contributed by atoms with van der Waals surface area (Å²) in [5.74, 6) is 0.768. The summed E-state index contributed by atoms with van der Waals surface area (Å²) >= 11 is 0. The number of hydrogen-bond acceptors (Lipinski definition) is 5. The van der Waals surface area contributed by atoms with Gasteiger partial charge in [0.05, 0.1) is 6.54 Å². The van der Waals surface area contributed by atoms with Crippen LogP contribution in [0.2, 0.25) is 0 Å². The van der Waals surface area contributed by atoms with E-state index in [1.807, 2.05) is 38.1 Å². The molecule has 0 radical (unpaired) electrons. The van der Waals surface area contributed by atoms with Crippen molar-refractivity contribution in [3.63, 3.8) is 0 Å². The molecular weight excluding hydrogens is 282 g/mol. The zero-order valence-electron chi connectivity index (χ0n) is 12.8. The molecule has 116 valence electrons. The Labute approximate surface area is 128 Å². The zero-order chi connectivity index (χ0) is 15.6. The molecule has 0 spiro atoms. The summed E-state index contributed by atoms with van der Waals surface area (Å²) in [5, 5.41) is 6.70. The number of nitrogens with one attached hydrogen (secondary N) is 1. The second-order valence-electron chi connectivity index (χ2n) is 5.75. The lowest BCUT2D eigenvalue weighted by molar-refractivity contribution is -0.139. The molecule has 1 atom stereocenters. The average Bonchev–Trinajstić information content (AvgIpc) is 3.15. The SMILES string of the molecule is Cc1ccc(-c2nc(CNC(=O)[C@@]3(C)CCCO3)no2)cc1. The monoisotopic (exact) mass is 301 g/mol. The van der Waals surface area contributed by atoms with Crippen LogP contribution in [0.1, 0.15) is 31.2 Å². The molecule has 3 rings (SSSR count). The van der Waals surface area contributed by atoms with Crippen LogP contribution in [0.4, 0.5) is 0 Å². The highest BCUT2D eigenvalue weighted by atomic mass is 16.5. The van der Waals surface area contributed by atoms with Gasteiger partial charge >= 0.3 is 0 Å². The van der Waals surface area contributed by atoms with Crippen LogP contribution in [0, 0.1) is 6.92 Å². The average molecular weight is 301 g/mol. The third-order valence-electron chi connectivity index (χ3n) is 3.87. The first-order valence-electron chi connectivity index (χ1n) is 7.39. The van der Waals surface area contributed by atoms with Gasteiger partial charge in [-0.2, -0.15) is 4.98 Å². The van der Waals surface area contributed by atoms with E-state index in [0.717, 1.165) is 18.4 Å². The minimum Gasteiger partial charge on any atom is -0.365 e. The molecule has 6 heteroatoms. The fourth-order valence-corrected chi connectivity index (χ4v) is 2.44. The molecule has 1 aromatic carbocycles. The Bertz CT molecular complexity index is 658. The van der Waals surface area contributed by atoms with Crippen LogP contribution in [-0.2, 0) is 16.1 Å². The summed E-state index contributed by atoms with van der Waals surface area (Å²) in [6.07, 6.45) is 1.64. The fourth-order valence-electron chi connectivity index (χ4n) is 2.44. The molecule has 6 nitrogen and oxygen atoms in total. The van der Waals surface area contributed by atoms with E-state index in [0.29, 0.717) is 18.3 Å². The molecule has 22 heavy (non-hydrogen) atoms. The lowest BCUT2D eigenvalue weighted by atomic mass is 10.0. The number of ether oxygens (including phenoxy) is 1. The van der Waals surface area contributed by atoms with E-state index in [2.05, 4.69) is 15.5 Å². The van der Waals surface area contributed by atoms with Gasteiger partial charge in [0.15, 0.2) is 5.82 Å². The number of nitrogens with zero attached hydrogens (tertiary/aromatic N) is 2. The van der Waals surface area contributed by atoms with Gasteiger partial charge in [-0.15, -0.1) is 0 Å². The van der Waals surface area contributed by atoms with Gasteiger partial charge in [0, 0.05) is 12.2 Å². The Hall–Kier alpha value is -2.21. The second kappa shape index (κ2) is 5.88. The summed E-state index contributed by atoms with van der Waals surface area (Å²) in [5.41, 5.74) is 1.30. The van der Waals surface area contributed by atoms with Crippen molar-refractivity contribution in [3.05, 3.63) is 35.7 Å². The molecule has 1 saturated heterocycles. The van der Waals surface area contributed by atoms with Crippen LogP contribution in [-0.4, -0.2) is 28.3 Å². The number of amides is 1. The fraction of sp³-hybridized carbons (Fsp3) is 0.438. The van der Waals surface area contributed by atoms with Gasteiger partial charge in [-0.25, -0.2) is 0 Å². The third kappa shape index (κ3) is 3.01. The largest absolute Gasteiger partial charge is 0.365 e. The first-order chi connectivity index (χ1) is 10.6. The first kappa shape index (κ1) is 14.7. The van der Waals surface area contributed by atoms with Gasteiger partial charge in [-0.3, -0.25) is 4.79 Å². The number of carbonyl (C=O) groups excluding carboxylic acids is 1. The maximum atomic E-state index is 12.1. The van der Waals surface area contributed by atoms with Crippen molar-refractivity contribution in [2.75, 3.05) is 6.61 Å². The summed E-state index contributed by atoms with van der Waals surface area (Å²) in [6, 6.07) is 7.83. The zero-order valence-corrected chi connectivity index (χ0v) is 12.8. The lowest BCUT2D eigenvalue weighted by Gasteiger charge is -2.21. The Morgan fingerprint density at radius 3 is 2.82 bits per heavy atom. The maximum absolute atomic E-state index is 12.1. The second-order valence-corrected chi connectivity index (χ2v) is 5.75. The molecule has 2 heterocycles. The minimum atomic E-state index is -0.733. The van der Waals surface area contributed by atoms with Gasteiger partial charge in [0.25, 0.3) is 11.8 Å². The Morgan fingerprint density at radius 1 is 1.36 bits per heavy atom. The van der Waals surface area contributed by atoms with Gasteiger partial charge in [-0.1, -0.05) is 22.9 Å².